The Hall–Kier alpha value is -3.72. The Morgan fingerprint density at radius 3 is 2.71 bits per heavy atom. The van der Waals surface area contributed by atoms with Crippen molar-refractivity contribution in [2.75, 3.05) is 20.3 Å². The topological polar surface area (TPSA) is 107 Å². The van der Waals surface area contributed by atoms with Crippen LogP contribution in [0.4, 0.5) is 4.79 Å². The summed E-state index contributed by atoms with van der Waals surface area (Å²) in [4.78, 5) is 26.3. The van der Waals surface area contributed by atoms with Gasteiger partial charge in [0.15, 0.2) is 6.61 Å². The molecule has 0 fully saturated rings. The van der Waals surface area contributed by atoms with Gasteiger partial charge in [-0.2, -0.15) is 0 Å². The number of aromatic nitrogens is 1. The molecule has 0 unspecified atom stereocenters. The van der Waals surface area contributed by atoms with Gasteiger partial charge in [-0.25, -0.2) is 9.59 Å². The van der Waals surface area contributed by atoms with Crippen molar-refractivity contribution in [1.82, 2.24) is 4.98 Å². The van der Waals surface area contributed by atoms with E-state index in [9.17, 15) is 9.59 Å². The van der Waals surface area contributed by atoms with Crippen molar-refractivity contribution in [2.45, 2.75) is 6.92 Å². The fraction of sp³-hybridized carbons (Fsp3) is 0.182. The molecule has 9 heteroatoms. The van der Waals surface area contributed by atoms with Crippen molar-refractivity contribution >= 4 is 43.8 Å². The number of carbonyl (C=O) groups is 2. The van der Waals surface area contributed by atoms with E-state index in [2.05, 4.69) is 4.98 Å². The first-order valence-electron chi connectivity index (χ1n) is 9.42. The monoisotopic (exact) mass is 441 g/mol. The second-order valence-electron chi connectivity index (χ2n) is 6.46. The van der Waals surface area contributed by atoms with Gasteiger partial charge in [-0.05, 0) is 25.1 Å². The molecule has 0 aliphatic heterocycles. The quantitative estimate of drug-likeness (QED) is 0.386. The molecule has 160 valence electrons. The van der Waals surface area contributed by atoms with Crippen LogP contribution in [0, 0.1) is 0 Å². The summed E-state index contributed by atoms with van der Waals surface area (Å²) in [5, 5.41) is 10.1. The van der Waals surface area contributed by atoms with Crippen LogP contribution in [-0.4, -0.2) is 42.5 Å². The molecule has 0 amide bonds. The van der Waals surface area contributed by atoms with E-state index in [0.717, 1.165) is 20.3 Å². The lowest BCUT2D eigenvalue weighted by atomic mass is 10.1. The summed E-state index contributed by atoms with van der Waals surface area (Å²) in [7, 11) is 1.51. The Balaban J connectivity index is 1.94. The van der Waals surface area contributed by atoms with E-state index in [0.29, 0.717) is 16.9 Å². The Morgan fingerprint density at radius 1 is 1.16 bits per heavy atom. The van der Waals surface area contributed by atoms with Crippen molar-refractivity contribution in [3.8, 4) is 28.5 Å². The molecular weight excluding hydrogens is 422 g/mol. The number of benzene rings is 2. The van der Waals surface area contributed by atoms with Crippen molar-refractivity contribution in [1.29, 1.82) is 0 Å². The predicted molar refractivity (Wildman–Crippen MR) is 116 cm³/mol. The average Bonchev–Trinajstić information content (AvgIpc) is 3.27. The Bertz CT molecular complexity index is 1270. The molecule has 0 aliphatic carbocycles. The summed E-state index contributed by atoms with van der Waals surface area (Å²) in [6.45, 7) is 1.32. The van der Waals surface area contributed by atoms with E-state index < -0.39 is 18.7 Å². The highest BCUT2D eigenvalue weighted by molar-refractivity contribution is 7.26. The van der Waals surface area contributed by atoms with Gasteiger partial charge in [0.25, 0.3) is 0 Å². The molecule has 0 bridgehead atoms. The highest BCUT2D eigenvalue weighted by Crippen LogP contribution is 2.48. The van der Waals surface area contributed by atoms with Crippen LogP contribution < -0.4 is 14.2 Å². The number of rotatable bonds is 7. The molecule has 2 N–H and O–H groups in total. The summed E-state index contributed by atoms with van der Waals surface area (Å²) in [5.74, 6) is -0.137. The molecule has 4 rings (SSSR count). The maximum atomic E-state index is 12.1. The van der Waals surface area contributed by atoms with Gasteiger partial charge in [0.2, 0.25) is 5.88 Å². The summed E-state index contributed by atoms with van der Waals surface area (Å²) >= 11 is 1.52. The highest BCUT2D eigenvalue weighted by Gasteiger charge is 2.24. The Morgan fingerprint density at radius 2 is 1.97 bits per heavy atom. The lowest BCUT2D eigenvalue weighted by Crippen LogP contribution is -2.11. The minimum Gasteiger partial charge on any atom is -0.497 e. The molecule has 0 saturated carbocycles. The molecule has 2 heterocycles. The van der Waals surface area contributed by atoms with Gasteiger partial charge in [-0.1, -0.05) is 18.2 Å². The summed E-state index contributed by atoms with van der Waals surface area (Å²) < 4.78 is 23.1. The third kappa shape index (κ3) is 3.99. The second-order valence-corrected chi connectivity index (χ2v) is 7.51. The van der Waals surface area contributed by atoms with Crippen molar-refractivity contribution in [2.24, 2.45) is 0 Å². The van der Waals surface area contributed by atoms with Gasteiger partial charge < -0.3 is 29.0 Å². The average molecular weight is 441 g/mol. The van der Waals surface area contributed by atoms with Crippen LogP contribution >= 0.6 is 11.3 Å². The molecule has 2 aromatic carbocycles. The molecule has 8 nitrogen and oxygen atoms in total. The molecular formula is C22H19NO7S. The van der Waals surface area contributed by atoms with E-state index >= 15 is 0 Å². The zero-order valence-corrected chi connectivity index (χ0v) is 17.6. The normalized spacial score (nSPS) is 10.9. The van der Waals surface area contributed by atoms with Crippen molar-refractivity contribution < 1.29 is 33.6 Å². The van der Waals surface area contributed by atoms with Crippen LogP contribution in [0.1, 0.15) is 6.92 Å². The van der Waals surface area contributed by atoms with Crippen LogP contribution in [0.15, 0.2) is 42.5 Å². The van der Waals surface area contributed by atoms with E-state index in [1.165, 1.54) is 18.4 Å². The van der Waals surface area contributed by atoms with Gasteiger partial charge in [-0.15, -0.1) is 11.3 Å². The fourth-order valence-corrected chi connectivity index (χ4v) is 4.49. The van der Waals surface area contributed by atoms with E-state index in [4.69, 9.17) is 24.1 Å². The first-order valence-corrected chi connectivity index (χ1v) is 10.2. The summed E-state index contributed by atoms with van der Waals surface area (Å²) in [6, 6.07) is 12.9. The molecule has 0 spiro atoms. The highest BCUT2D eigenvalue weighted by atomic mass is 32.1. The molecule has 0 radical (unpaired) electrons. The molecule has 2 aromatic heterocycles. The first kappa shape index (κ1) is 20.5. The maximum Gasteiger partial charge on any atom is 0.515 e. The SMILES string of the molecule is CCOC(=O)Oc1[nH]c2c(sc3ccccc32)c1-c1ccc(OC)cc1OCC(=O)O. The number of carboxylic acids is 1. The Kier molecular flexibility index (Phi) is 5.68. The van der Waals surface area contributed by atoms with E-state index in [1.807, 2.05) is 24.3 Å². The minimum absolute atomic E-state index is 0.168. The van der Waals surface area contributed by atoms with E-state index in [-0.39, 0.29) is 18.2 Å². The third-order valence-corrected chi connectivity index (χ3v) is 5.73. The number of methoxy groups -OCH3 is 1. The number of H-pyrrole nitrogens is 1. The molecule has 0 saturated heterocycles. The van der Waals surface area contributed by atoms with Gasteiger partial charge in [0.05, 0.1) is 29.5 Å². The molecule has 4 aromatic rings. The maximum absolute atomic E-state index is 12.1. The number of aromatic amines is 1. The number of carboxylic acid groups (broad SMARTS) is 1. The van der Waals surface area contributed by atoms with Gasteiger partial charge in [-0.3, -0.25) is 0 Å². The molecule has 0 atom stereocenters. The van der Waals surface area contributed by atoms with Crippen LogP contribution in [0.5, 0.6) is 17.4 Å². The second kappa shape index (κ2) is 8.57. The molecule has 0 aliphatic rings. The fourth-order valence-electron chi connectivity index (χ4n) is 3.27. The van der Waals surface area contributed by atoms with Crippen molar-refractivity contribution in [3.63, 3.8) is 0 Å². The van der Waals surface area contributed by atoms with Crippen LogP contribution in [0.2, 0.25) is 0 Å². The number of ether oxygens (including phenoxy) is 4. The zero-order chi connectivity index (χ0) is 22.0. The lowest BCUT2D eigenvalue weighted by Gasteiger charge is -2.13. The number of thiophene rings is 1. The number of aliphatic carboxylic acids is 1. The van der Waals surface area contributed by atoms with Crippen LogP contribution in [0.3, 0.4) is 0 Å². The largest absolute Gasteiger partial charge is 0.515 e. The minimum atomic E-state index is -1.11. The Labute approximate surface area is 180 Å². The summed E-state index contributed by atoms with van der Waals surface area (Å²) in [6.07, 6.45) is -0.844. The number of carbonyl (C=O) groups excluding carboxylic acids is 1. The van der Waals surface area contributed by atoms with Gasteiger partial charge >= 0.3 is 12.1 Å². The van der Waals surface area contributed by atoms with Crippen LogP contribution in [-0.2, 0) is 9.53 Å². The smallest absolute Gasteiger partial charge is 0.497 e. The van der Waals surface area contributed by atoms with E-state index in [1.54, 1.807) is 25.1 Å². The number of fused-ring (bicyclic) bond motifs is 3. The standard InChI is InChI=1S/C22H19NO7S/c1-3-28-22(26)30-21-18(20-19(23-21)14-6-4-5-7-16(14)31-20)13-9-8-12(27-2)10-15(13)29-11-17(24)25/h4-10,23H,3,11H2,1-2H3,(H,24,25). The van der Waals surface area contributed by atoms with Crippen molar-refractivity contribution in [3.05, 3.63) is 42.5 Å². The number of hydrogen-bond acceptors (Lipinski definition) is 7. The predicted octanol–water partition coefficient (Wildman–Crippen LogP) is 5.06. The van der Waals surface area contributed by atoms with Crippen LogP contribution in [0.25, 0.3) is 31.4 Å². The van der Waals surface area contributed by atoms with Gasteiger partial charge in [0.1, 0.15) is 11.5 Å². The third-order valence-electron chi connectivity index (χ3n) is 4.54. The number of hydrogen-bond donors (Lipinski definition) is 2. The first-order chi connectivity index (χ1) is 15.0. The lowest BCUT2D eigenvalue weighted by molar-refractivity contribution is -0.139. The number of nitrogens with one attached hydrogen (secondary N) is 1. The summed E-state index contributed by atoms with van der Waals surface area (Å²) in [5.41, 5.74) is 1.93. The molecule has 31 heavy (non-hydrogen) atoms. The zero-order valence-electron chi connectivity index (χ0n) is 16.8. The van der Waals surface area contributed by atoms with Gasteiger partial charge in [0, 0.05) is 21.7 Å².